The fourth-order valence-electron chi connectivity index (χ4n) is 4.14. The molecule has 0 spiro atoms. The smallest absolute Gasteiger partial charge is 0.408 e. The number of benzene rings is 1. The Morgan fingerprint density at radius 3 is 2.17 bits per heavy atom. The van der Waals surface area contributed by atoms with Gasteiger partial charge in [-0.1, -0.05) is 18.2 Å². The van der Waals surface area contributed by atoms with Crippen molar-refractivity contribution in [3.8, 4) is 0 Å². The maximum Gasteiger partial charge on any atom is 0.408 e. The molecule has 1 aliphatic carbocycles. The van der Waals surface area contributed by atoms with Gasteiger partial charge in [0.1, 0.15) is 17.7 Å². The quantitative estimate of drug-likeness (QED) is 0.501. The number of aryl methyl sites for hydroxylation is 1. The van der Waals surface area contributed by atoms with Crippen LogP contribution in [0.25, 0.3) is 0 Å². The van der Waals surface area contributed by atoms with Gasteiger partial charge in [0, 0.05) is 11.6 Å². The number of hydrogen-bond acceptors (Lipinski definition) is 5. The number of nitrogens with one attached hydrogen (secondary N) is 2. The van der Waals surface area contributed by atoms with Gasteiger partial charge in [-0.05, 0) is 91.3 Å². The van der Waals surface area contributed by atoms with Crippen LogP contribution in [0.4, 0.5) is 4.79 Å². The van der Waals surface area contributed by atoms with Crippen LogP contribution in [0.5, 0.6) is 0 Å². The van der Waals surface area contributed by atoms with Gasteiger partial charge >= 0.3 is 6.09 Å². The molecular formula is C27H42N4O5. The summed E-state index contributed by atoms with van der Waals surface area (Å²) in [6.07, 6.45) is 1.09. The molecule has 9 nitrogen and oxygen atoms in total. The minimum Gasteiger partial charge on any atom is -0.444 e. The van der Waals surface area contributed by atoms with E-state index in [1.165, 1.54) is 4.90 Å². The number of hydrogen-bond donors (Lipinski definition) is 3. The number of alkyl carbamates (subject to hydrolysis) is 1. The molecule has 1 fully saturated rings. The van der Waals surface area contributed by atoms with Crippen molar-refractivity contribution in [1.29, 1.82) is 0 Å². The normalized spacial score (nSPS) is 15.8. The lowest BCUT2D eigenvalue weighted by atomic mass is 9.86. The molecule has 2 unspecified atom stereocenters. The van der Waals surface area contributed by atoms with Crippen molar-refractivity contribution in [2.75, 3.05) is 0 Å². The van der Waals surface area contributed by atoms with Crippen LogP contribution >= 0.6 is 0 Å². The lowest BCUT2D eigenvalue weighted by Gasteiger charge is -2.44. The van der Waals surface area contributed by atoms with E-state index in [1.807, 2.05) is 52.8 Å². The van der Waals surface area contributed by atoms with Crippen molar-refractivity contribution < 1.29 is 23.9 Å². The van der Waals surface area contributed by atoms with E-state index < -0.39 is 47.6 Å². The highest BCUT2D eigenvalue weighted by atomic mass is 16.6. The van der Waals surface area contributed by atoms with E-state index in [0.717, 1.165) is 17.5 Å². The second kappa shape index (κ2) is 11.3. The third kappa shape index (κ3) is 7.96. The number of rotatable bonds is 8. The second-order valence-corrected chi connectivity index (χ2v) is 11.6. The molecule has 0 aromatic heterocycles. The molecule has 0 heterocycles. The topological polar surface area (TPSA) is 131 Å². The molecule has 0 aliphatic heterocycles. The van der Waals surface area contributed by atoms with E-state index in [2.05, 4.69) is 10.6 Å². The molecule has 4 amide bonds. The molecule has 200 valence electrons. The van der Waals surface area contributed by atoms with Gasteiger partial charge in [0.05, 0.1) is 6.42 Å². The van der Waals surface area contributed by atoms with Gasteiger partial charge in [-0.3, -0.25) is 14.4 Å². The zero-order chi connectivity index (χ0) is 27.4. The van der Waals surface area contributed by atoms with Crippen molar-refractivity contribution in [2.24, 2.45) is 5.73 Å². The predicted octanol–water partition coefficient (Wildman–Crippen LogP) is 3.41. The summed E-state index contributed by atoms with van der Waals surface area (Å²) >= 11 is 0. The van der Waals surface area contributed by atoms with E-state index >= 15 is 0 Å². The molecule has 1 saturated carbocycles. The first-order valence-corrected chi connectivity index (χ1v) is 12.5. The zero-order valence-electron chi connectivity index (χ0n) is 22.9. The standard InChI is InChI=1S/C27H42N4O5/c1-16-11-9-14-19(17(16)2)22(23(33)30-26(3,4)5)31(18-12-10-13-18)24(34)20(15-21(28)32)29-25(35)36-27(6,7)8/h9,11,14,18,20,22H,10,12-13,15H2,1-8H3,(H2,28,32)(H,29,35)(H,30,33). The Balaban J connectivity index is 2.58. The molecule has 1 aliphatic rings. The van der Waals surface area contributed by atoms with Gasteiger partial charge in [0.15, 0.2) is 0 Å². The summed E-state index contributed by atoms with van der Waals surface area (Å²) in [5.41, 5.74) is 6.70. The monoisotopic (exact) mass is 502 g/mol. The Labute approximate surface area is 214 Å². The van der Waals surface area contributed by atoms with Crippen molar-refractivity contribution in [3.05, 3.63) is 34.9 Å². The SMILES string of the molecule is Cc1cccc(C(C(=O)NC(C)(C)C)N(C(=O)C(CC(N)=O)NC(=O)OC(C)(C)C)C2CCC2)c1C. The molecule has 0 radical (unpaired) electrons. The Bertz CT molecular complexity index is 989. The van der Waals surface area contributed by atoms with Gasteiger partial charge in [-0.15, -0.1) is 0 Å². The maximum atomic E-state index is 14.1. The van der Waals surface area contributed by atoms with Crippen LogP contribution in [0.15, 0.2) is 18.2 Å². The molecule has 0 saturated heterocycles. The van der Waals surface area contributed by atoms with Crippen LogP contribution in [0.3, 0.4) is 0 Å². The van der Waals surface area contributed by atoms with Gasteiger partial charge in [0.2, 0.25) is 17.7 Å². The first kappa shape index (κ1) is 29.1. The van der Waals surface area contributed by atoms with Gasteiger partial charge in [-0.25, -0.2) is 4.79 Å². The lowest BCUT2D eigenvalue weighted by Crippen LogP contribution is -2.59. The fraction of sp³-hybridized carbons (Fsp3) is 0.630. The Morgan fingerprint density at radius 1 is 1.08 bits per heavy atom. The van der Waals surface area contributed by atoms with Crippen LogP contribution < -0.4 is 16.4 Å². The number of ether oxygens (including phenoxy) is 1. The van der Waals surface area contributed by atoms with Crippen molar-refractivity contribution in [2.45, 2.75) is 110 Å². The fourth-order valence-corrected chi connectivity index (χ4v) is 4.14. The summed E-state index contributed by atoms with van der Waals surface area (Å²) in [4.78, 5) is 53.8. The van der Waals surface area contributed by atoms with Gasteiger partial charge < -0.3 is 26.0 Å². The minimum absolute atomic E-state index is 0.219. The van der Waals surface area contributed by atoms with Crippen molar-refractivity contribution in [1.82, 2.24) is 15.5 Å². The van der Waals surface area contributed by atoms with Crippen LogP contribution in [-0.4, -0.2) is 51.9 Å². The highest BCUT2D eigenvalue weighted by Crippen LogP contribution is 2.36. The number of nitrogens with zero attached hydrogens (tertiary/aromatic N) is 1. The highest BCUT2D eigenvalue weighted by Gasteiger charge is 2.43. The number of carbonyl (C=O) groups is 4. The summed E-state index contributed by atoms with van der Waals surface area (Å²) in [5.74, 6) is -1.62. The van der Waals surface area contributed by atoms with Crippen LogP contribution in [0, 0.1) is 13.8 Å². The molecule has 36 heavy (non-hydrogen) atoms. The molecule has 4 N–H and O–H groups in total. The number of carbonyl (C=O) groups excluding carboxylic acids is 4. The Kier molecular flexibility index (Phi) is 9.15. The summed E-state index contributed by atoms with van der Waals surface area (Å²) in [5, 5.41) is 5.54. The molecule has 9 heteroatoms. The van der Waals surface area contributed by atoms with E-state index in [1.54, 1.807) is 20.8 Å². The Hall–Kier alpha value is -3.10. The zero-order valence-corrected chi connectivity index (χ0v) is 22.9. The molecule has 2 atom stereocenters. The first-order valence-electron chi connectivity index (χ1n) is 12.5. The van der Waals surface area contributed by atoms with Crippen molar-refractivity contribution in [3.63, 3.8) is 0 Å². The molecule has 0 bridgehead atoms. The van der Waals surface area contributed by atoms with Crippen LogP contribution in [0.2, 0.25) is 0 Å². The third-order valence-corrected chi connectivity index (χ3v) is 6.08. The van der Waals surface area contributed by atoms with E-state index in [-0.39, 0.29) is 11.9 Å². The average molecular weight is 503 g/mol. The molecular weight excluding hydrogens is 460 g/mol. The summed E-state index contributed by atoms with van der Waals surface area (Å²) in [6, 6.07) is 3.22. The molecule has 2 rings (SSSR count). The first-order chi connectivity index (χ1) is 16.5. The van der Waals surface area contributed by atoms with Crippen LogP contribution in [-0.2, 0) is 19.1 Å². The van der Waals surface area contributed by atoms with E-state index in [4.69, 9.17) is 10.5 Å². The molecule has 1 aromatic rings. The largest absolute Gasteiger partial charge is 0.444 e. The van der Waals surface area contributed by atoms with E-state index in [0.29, 0.717) is 18.4 Å². The average Bonchev–Trinajstić information content (AvgIpc) is 2.65. The lowest BCUT2D eigenvalue weighted by molar-refractivity contribution is -0.148. The van der Waals surface area contributed by atoms with Crippen molar-refractivity contribution >= 4 is 23.8 Å². The predicted molar refractivity (Wildman–Crippen MR) is 138 cm³/mol. The highest BCUT2D eigenvalue weighted by molar-refractivity contribution is 5.95. The van der Waals surface area contributed by atoms with Gasteiger partial charge in [0.25, 0.3) is 0 Å². The maximum absolute atomic E-state index is 14.1. The third-order valence-electron chi connectivity index (χ3n) is 6.08. The second-order valence-electron chi connectivity index (χ2n) is 11.6. The molecule has 1 aromatic carbocycles. The number of nitrogens with two attached hydrogens (primary N) is 1. The Morgan fingerprint density at radius 2 is 1.69 bits per heavy atom. The minimum atomic E-state index is -1.27. The van der Waals surface area contributed by atoms with E-state index in [9.17, 15) is 19.2 Å². The number of amides is 4. The number of primary amides is 1. The summed E-state index contributed by atoms with van der Waals surface area (Å²) in [7, 11) is 0. The summed E-state index contributed by atoms with van der Waals surface area (Å²) < 4.78 is 5.32. The van der Waals surface area contributed by atoms with Crippen LogP contribution in [0.1, 0.15) is 90.0 Å². The summed E-state index contributed by atoms with van der Waals surface area (Å²) in [6.45, 7) is 14.6. The van der Waals surface area contributed by atoms with Gasteiger partial charge in [-0.2, -0.15) is 0 Å².